The molecule has 0 aliphatic heterocycles. The first-order chi connectivity index (χ1) is 18.7. The highest BCUT2D eigenvalue weighted by atomic mass is 32.1. The number of nitrogens with zero attached hydrogens (tertiary/aromatic N) is 4. The van der Waals surface area contributed by atoms with Crippen molar-refractivity contribution in [1.29, 1.82) is 0 Å². The molecule has 0 bridgehead atoms. The molecule has 3 N–H and O–H groups in total. The number of carbonyl (C=O) groups is 1. The van der Waals surface area contributed by atoms with Crippen LogP contribution in [0.1, 0.15) is 32.1 Å². The van der Waals surface area contributed by atoms with Gasteiger partial charge in [-0.05, 0) is 60.7 Å². The Morgan fingerprint density at radius 3 is 2.79 bits per heavy atom. The summed E-state index contributed by atoms with van der Waals surface area (Å²) < 4.78 is 0. The molecule has 8 nitrogen and oxygen atoms in total. The molecule has 1 fully saturated rings. The molecule has 9 heteroatoms. The van der Waals surface area contributed by atoms with Crippen molar-refractivity contribution in [1.82, 2.24) is 30.1 Å². The lowest BCUT2D eigenvalue weighted by Crippen LogP contribution is -2.24. The molecular weight excluding hydrogens is 494 g/mol. The first kappa shape index (κ1) is 22.6. The fourth-order valence-corrected chi connectivity index (χ4v) is 5.83. The molecule has 1 saturated carbocycles. The van der Waals surface area contributed by atoms with Crippen molar-refractivity contribution in [2.75, 3.05) is 5.32 Å². The lowest BCUT2D eigenvalue weighted by atomic mass is 9.88. The minimum absolute atomic E-state index is 0.0633. The summed E-state index contributed by atoms with van der Waals surface area (Å²) in [5.41, 5.74) is 6.85. The molecule has 0 spiro atoms. The number of aromatic nitrogens is 6. The van der Waals surface area contributed by atoms with Crippen molar-refractivity contribution in [3.63, 3.8) is 0 Å². The summed E-state index contributed by atoms with van der Waals surface area (Å²) >= 11 is 1.63. The van der Waals surface area contributed by atoms with Gasteiger partial charge in [0.05, 0.1) is 27.3 Å². The summed E-state index contributed by atoms with van der Waals surface area (Å²) in [6.45, 7) is 0. The number of imidazole rings is 1. The van der Waals surface area contributed by atoms with Gasteiger partial charge in [-0.3, -0.25) is 14.9 Å². The van der Waals surface area contributed by atoms with E-state index in [1.807, 2.05) is 47.8 Å². The smallest absolute Gasteiger partial charge is 0.227 e. The van der Waals surface area contributed by atoms with Gasteiger partial charge in [-0.25, -0.2) is 9.97 Å². The van der Waals surface area contributed by atoms with Gasteiger partial charge >= 0.3 is 0 Å². The fourth-order valence-electron chi connectivity index (χ4n) is 5.11. The standard InChI is InChI=1S/C29H23N7OS/c37-29(17-6-2-1-3-7-17)31-19-9-4-8-18(16-19)20-11-12-22-25(32-20)27(36-35-22)28-33-21-13-14-30-26(24(21)34-28)23-10-5-15-38-23/h5,8,10-17H,1-3,6-7H2,(H,31,37)(H,33,34)(H,35,36). The molecule has 1 aliphatic rings. The maximum Gasteiger partial charge on any atom is 0.227 e. The van der Waals surface area contributed by atoms with E-state index >= 15 is 0 Å². The summed E-state index contributed by atoms with van der Waals surface area (Å²) in [6.07, 6.45) is 7.12. The van der Waals surface area contributed by atoms with E-state index in [0.717, 1.165) is 64.1 Å². The zero-order valence-corrected chi connectivity index (χ0v) is 21.2. The van der Waals surface area contributed by atoms with Gasteiger partial charge in [0, 0.05) is 17.7 Å². The lowest BCUT2D eigenvalue weighted by Gasteiger charge is -2.20. The number of H-pyrrole nitrogens is 2. The Kier molecular flexibility index (Phi) is 5.60. The van der Waals surface area contributed by atoms with Crippen LogP contribution in [0, 0.1) is 18.1 Å². The number of anilines is 1. The molecule has 1 amide bonds. The number of rotatable bonds is 5. The third-order valence-electron chi connectivity index (χ3n) is 7.05. The van der Waals surface area contributed by atoms with Gasteiger partial charge in [0.15, 0.2) is 11.5 Å². The Labute approximate surface area is 222 Å². The van der Waals surface area contributed by atoms with Crippen LogP contribution in [0.15, 0.2) is 54.0 Å². The monoisotopic (exact) mass is 517 g/mol. The van der Waals surface area contributed by atoms with Crippen LogP contribution in [0.2, 0.25) is 0 Å². The van der Waals surface area contributed by atoms with Crippen LogP contribution in [-0.4, -0.2) is 36.0 Å². The number of hydrogen-bond acceptors (Lipinski definition) is 6. The third-order valence-corrected chi connectivity index (χ3v) is 7.93. The highest BCUT2D eigenvalue weighted by molar-refractivity contribution is 7.13. The Balaban J connectivity index is 1.23. The molecule has 0 radical (unpaired) electrons. The van der Waals surface area contributed by atoms with Crippen molar-refractivity contribution in [3.05, 3.63) is 66.2 Å². The molecule has 5 aromatic heterocycles. The second kappa shape index (κ2) is 9.39. The fraction of sp³-hybridized carbons (Fsp3) is 0.207. The maximum atomic E-state index is 12.7. The van der Waals surface area contributed by atoms with Gasteiger partial charge in [0.1, 0.15) is 16.7 Å². The van der Waals surface area contributed by atoms with E-state index < -0.39 is 0 Å². The SMILES string of the molecule is O=C(Nc1c#ccc(-c2ccc3[nH]nc(-c4nc5c(-c6cccs6)nccc5[nH]4)c3n2)c1)C1CCCCC1. The number of amides is 1. The number of thiophene rings is 1. The van der Waals surface area contributed by atoms with E-state index in [1.165, 1.54) is 6.42 Å². The van der Waals surface area contributed by atoms with Crippen molar-refractivity contribution >= 4 is 45.0 Å². The van der Waals surface area contributed by atoms with E-state index in [2.05, 4.69) is 37.6 Å². The summed E-state index contributed by atoms with van der Waals surface area (Å²) in [5.74, 6) is 0.756. The van der Waals surface area contributed by atoms with Crippen molar-refractivity contribution in [3.8, 4) is 33.3 Å². The topological polar surface area (TPSA) is 112 Å². The normalized spacial score (nSPS) is 14.1. The third kappa shape index (κ3) is 4.09. The minimum Gasteiger partial charge on any atom is -0.336 e. The molecule has 5 heterocycles. The van der Waals surface area contributed by atoms with E-state index in [1.54, 1.807) is 17.5 Å². The number of carbonyl (C=O) groups excluding carboxylic acids is 1. The van der Waals surface area contributed by atoms with Crippen molar-refractivity contribution < 1.29 is 4.79 Å². The van der Waals surface area contributed by atoms with Gasteiger partial charge in [0.2, 0.25) is 5.91 Å². The molecule has 186 valence electrons. The molecule has 6 aromatic rings. The van der Waals surface area contributed by atoms with E-state index in [4.69, 9.17) is 9.97 Å². The molecular formula is C29H23N7OS. The molecule has 0 atom stereocenters. The molecule has 0 saturated heterocycles. The Hall–Kier alpha value is -4.55. The van der Waals surface area contributed by atoms with E-state index in [9.17, 15) is 4.79 Å². The van der Waals surface area contributed by atoms with Crippen molar-refractivity contribution in [2.24, 2.45) is 5.92 Å². The number of hydrogen-bond donors (Lipinski definition) is 3. The Morgan fingerprint density at radius 2 is 1.92 bits per heavy atom. The second-order valence-corrected chi connectivity index (χ2v) is 10.5. The molecule has 38 heavy (non-hydrogen) atoms. The van der Waals surface area contributed by atoms with Gasteiger partial charge in [-0.1, -0.05) is 31.4 Å². The van der Waals surface area contributed by atoms with Crippen LogP contribution in [0.4, 0.5) is 5.69 Å². The van der Waals surface area contributed by atoms with Crippen LogP contribution >= 0.6 is 11.3 Å². The van der Waals surface area contributed by atoms with Gasteiger partial charge in [-0.2, -0.15) is 5.10 Å². The van der Waals surface area contributed by atoms with Crippen LogP contribution in [0.25, 0.3) is 55.4 Å². The summed E-state index contributed by atoms with van der Waals surface area (Å²) in [6, 6.07) is 19.6. The van der Waals surface area contributed by atoms with Crippen LogP contribution in [0.3, 0.4) is 0 Å². The Morgan fingerprint density at radius 1 is 1.03 bits per heavy atom. The predicted octanol–water partition coefficient (Wildman–Crippen LogP) is 6.41. The zero-order valence-electron chi connectivity index (χ0n) is 20.4. The van der Waals surface area contributed by atoms with E-state index in [0.29, 0.717) is 22.7 Å². The van der Waals surface area contributed by atoms with E-state index in [-0.39, 0.29) is 11.8 Å². The number of fused-ring (bicyclic) bond motifs is 2. The minimum atomic E-state index is 0.0633. The average Bonchev–Trinajstić information content (AvgIpc) is 3.73. The molecule has 7 rings (SSSR count). The number of aromatic amines is 2. The molecule has 1 aromatic carbocycles. The molecule has 1 aliphatic carbocycles. The average molecular weight is 518 g/mol. The zero-order chi connectivity index (χ0) is 25.5. The maximum absolute atomic E-state index is 12.7. The van der Waals surface area contributed by atoms with Gasteiger partial charge in [0.25, 0.3) is 0 Å². The quantitative estimate of drug-likeness (QED) is 0.245. The number of nitrogens with one attached hydrogen (secondary N) is 3. The van der Waals surface area contributed by atoms with Crippen LogP contribution in [-0.2, 0) is 4.79 Å². The first-order valence-corrected chi connectivity index (χ1v) is 13.6. The summed E-state index contributed by atoms with van der Waals surface area (Å²) in [4.78, 5) is 31.5. The number of pyridine rings is 2. The second-order valence-electron chi connectivity index (χ2n) is 9.53. The lowest BCUT2D eigenvalue weighted by molar-refractivity contribution is -0.120. The molecule has 0 unspecified atom stereocenters. The van der Waals surface area contributed by atoms with Crippen LogP contribution < -0.4 is 5.32 Å². The summed E-state index contributed by atoms with van der Waals surface area (Å²) in [5, 5.41) is 12.7. The highest BCUT2D eigenvalue weighted by Crippen LogP contribution is 2.32. The van der Waals surface area contributed by atoms with Crippen LogP contribution in [0.5, 0.6) is 0 Å². The summed E-state index contributed by atoms with van der Waals surface area (Å²) in [7, 11) is 0. The first-order valence-electron chi connectivity index (χ1n) is 12.7. The van der Waals surface area contributed by atoms with Crippen molar-refractivity contribution in [2.45, 2.75) is 32.1 Å². The highest BCUT2D eigenvalue weighted by Gasteiger charge is 2.21. The van der Waals surface area contributed by atoms with Gasteiger partial charge in [-0.15, -0.1) is 11.3 Å². The predicted molar refractivity (Wildman–Crippen MR) is 148 cm³/mol. The largest absolute Gasteiger partial charge is 0.336 e. The Bertz CT molecular complexity index is 1760. The van der Waals surface area contributed by atoms with Gasteiger partial charge < -0.3 is 10.3 Å².